The number of hydrogen-bond donors (Lipinski definition) is 2. The van der Waals surface area contributed by atoms with E-state index in [1.54, 1.807) is 6.26 Å². The Hall–Kier alpha value is -1.36. The van der Waals surface area contributed by atoms with Crippen LogP contribution in [0.3, 0.4) is 0 Å². The fourth-order valence-electron chi connectivity index (χ4n) is 1.74. The molecule has 1 rings (SSSR count). The van der Waals surface area contributed by atoms with Gasteiger partial charge in [-0.05, 0) is 12.5 Å². The summed E-state index contributed by atoms with van der Waals surface area (Å²) in [7, 11) is -0.876. The first kappa shape index (κ1) is 15.7. The van der Waals surface area contributed by atoms with Gasteiger partial charge in [-0.1, -0.05) is 37.3 Å². The van der Waals surface area contributed by atoms with Crippen LogP contribution in [0.1, 0.15) is 25.3 Å². The van der Waals surface area contributed by atoms with Crippen LogP contribution in [0.25, 0.3) is 0 Å². The van der Waals surface area contributed by atoms with E-state index in [9.17, 15) is 9.00 Å². The number of rotatable bonds is 6. The van der Waals surface area contributed by atoms with Gasteiger partial charge in [0, 0.05) is 41.3 Å². The van der Waals surface area contributed by atoms with Crippen molar-refractivity contribution in [3.05, 3.63) is 35.9 Å². The van der Waals surface area contributed by atoms with Gasteiger partial charge >= 0.3 is 6.03 Å². The average molecular weight is 282 g/mol. The first-order valence-electron chi connectivity index (χ1n) is 6.40. The van der Waals surface area contributed by atoms with Crippen molar-refractivity contribution >= 4 is 16.8 Å². The first-order valence-corrected chi connectivity index (χ1v) is 8.12. The zero-order valence-electron chi connectivity index (χ0n) is 11.7. The van der Waals surface area contributed by atoms with Gasteiger partial charge in [-0.15, -0.1) is 0 Å². The second-order valence-corrected chi connectivity index (χ2v) is 6.22. The molecule has 106 valence electrons. The molecule has 0 aliphatic rings. The van der Waals surface area contributed by atoms with Crippen molar-refractivity contribution in [2.24, 2.45) is 0 Å². The molecule has 1 aromatic rings. The van der Waals surface area contributed by atoms with E-state index in [0.717, 1.165) is 0 Å². The van der Waals surface area contributed by atoms with E-state index in [1.165, 1.54) is 5.56 Å². The van der Waals surface area contributed by atoms with Gasteiger partial charge in [0.2, 0.25) is 0 Å². The Labute approximate surface area is 117 Å². The molecule has 0 bridgehead atoms. The third-order valence-electron chi connectivity index (χ3n) is 3.11. The molecule has 1 aromatic carbocycles. The van der Waals surface area contributed by atoms with Crippen molar-refractivity contribution in [2.75, 3.05) is 18.6 Å². The van der Waals surface area contributed by atoms with Crippen LogP contribution >= 0.6 is 0 Å². The first-order chi connectivity index (χ1) is 9.00. The summed E-state index contributed by atoms with van der Waals surface area (Å²) in [5, 5.41) is 5.61. The maximum Gasteiger partial charge on any atom is 0.315 e. The van der Waals surface area contributed by atoms with Crippen molar-refractivity contribution in [2.45, 2.75) is 25.8 Å². The molecule has 0 saturated heterocycles. The molecule has 4 nitrogen and oxygen atoms in total. The molecule has 0 fully saturated rings. The van der Waals surface area contributed by atoms with E-state index < -0.39 is 10.8 Å². The molecule has 3 atom stereocenters. The Bertz CT molecular complexity index is 423. The largest absolute Gasteiger partial charge is 0.337 e. The van der Waals surface area contributed by atoms with Gasteiger partial charge in [0.25, 0.3) is 0 Å². The normalized spacial score (nSPS) is 15.3. The monoisotopic (exact) mass is 282 g/mol. The van der Waals surface area contributed by atoms with Crippen molar-refractivity contribution < 1.29 is 9.00 Å². The van der Waals surface area contributed by atoms with Crippen LogP contribution in [-0.2, 0) is 10.8 Å². The molecular formula is C14H22N2O2S. The van der Waals surface area contributed by atoms with Gasteiger partial charge in [-0.25, -0.2) is 4.79 Å². The number of amides is 2. The van der Waals surface area contributed by atoms with Gasteiger partial charge in [-0.3, -0.25) is 4.21 Å². The van der Waals surface area contributed by atoms with Crippen LogP contribution in [0, 0.1) is 0 Å². The fraction of sp³-hybridized carbons (Fsp3) is 0.500. The summed E-state index contributed by atoms with van der Waals surface area (Å²) in [5.74, 6) is 0.725. The Morgan fingerprint density at radius 2 is 1.89 bits per heavy atom. The number of urea groups is 1. The molecule has 0 spiro atoms. The highest BCUT2D eigenvalue weighted by molar-refractivity contribution is 7.84. The Balaban J connectivity index is 2.39. The molecule has 19 heavy (non-hydrogen) atoms. The molecule has 0 saturated carbocycles. The highest BCUT2D eigenvalue weighted by atomic mass is 32.2. The van der Waals surface area contributed by atoms with Crippen molar-refractivity contribution in [3.63, 3.8) is 0 Å². The number of carbonyl (C=O) groups is 1. The van der Waals surface area contributed by atoms with E-state index in [4.69, 9.17) is 0 Å². The summed E-state index contributed by atoms with van der Waals surface area (Å²) in [6, 6.07) is 9.91. The summed E-state index contributed by atoms with van der Waals surface area (Å²) >= 11 is 0. The maximum absolute atomic E-state index is 11.6. The van der Waals surface area contributed by atoms with Crippen LogP contribution < -0.4 is 10.6 Å². The zero-order valence-corrected chi connectivity index (χ0v) is 12.5. The molecule has 0 heterocycles. The van der Waals surface area contributed by atoms with Crippen LogP contribution in [0.4, 0.5) is 4.79 Å². The van der Waals surface area contributed by atoms with Gasteiger partial charge in [0.1, 0.15) is 0 Å². The van der Waals surface area contributed by atoms with Crippen LogP contribution in [0.5, 0.6) is 0 Å². The summed E-state index contributed by atoms with van der Waals surface area (Å²) in [4.78, 5) is 11.6. The number of carbonyl (C=O) groups excluding carboxylic acids is 1. The molecule has 5 heteroatoms. The minimum Gasteiger partial charge on any atom is -0.337 e. The third kappa shape index (κ3) is 5.87. The minimum atomic E-state index is -0.876. The van der Waals surface area contributed by atoms with E-state index in [0.29, 0.717) is 12.3 Å². The van der Waals surface area contributed by atoms with E-state index in [-0.39, 0.29) is 18.0 Å². The molecule has 0 aromatic heterocycles. The van der Waals surface area contributed by atoms with Crippen LogP contribution in [0.2, 0.25) is 0 Å². The van der Waals surface area contributed by atoms with Crippen molar-refractivity contribution in [1.29, 1.82) is 0 Å². The van der Waals surface area contributed by atoms with Gasteiger partial charge in [0.15, 0.2) is 0 Å². The van der Waals surface area contributed by atoms with Gasteiger partial charge < -0.3 is 10.6 Å². The highest BCUT2D eigenvalue weighted by Gasteiger charge is 2.15. The van der Waals surface area contributed by atoms with E-state index in [1.807, 2.05) is 25.1 Å². The second-order valence-electron chi connectivity index (χ2n) is 4.67. The lowest BCUT2D eigenvalue weighted by Crippen LogP contribution is -2.43. The quantitative estimate of drug-likeness (QED) is 0.836. The van der Waals surface area contributed by atoms with E-state index in [2.05, 4.69) is 29.7 Å². The van der Waals surface area contributed by atoms with Crippen molar-refractivity contribution in [3.8, 4) is 0 Å². The Morgan fingerprint density at radius 1 is 1.26 bits per heavy atom. The number of hydrogen-bond acceptors (Lipinski definition) is 2. The lowest BCUT2D eigenvalue weighted by molar-refractivity contribution is 0.237. The lowest BCUT2D eigenvalue weighted by atomic mass is 9.95. The smallest absolute Gasteiger partial charge is 0.315 e. The molecule has 0 aliphatic heterocycles. The van der Waals surface area contributed by atoms with E-state index >= 15 is 0 Å². The van der Waals surface area contributed by atoms with Crippen molar-refractivity contribution in [1.82, 2.24) is 10.6 Å². The lowest BCUT2D eigenvalue weighted by Gasteiger charge is -2.21. The summed E-state index contributed by atoms with van der Waals surface area (Å²) in [5.41, 5.74) is 1.20. The van der Waals surface area contributed by atoms with Crippen LogP contribution in [-0.4, -0.2) is 34.8 Å². The van der Waals surface area contributed by atoms with Gasteiger partial charge in [-0.2, -0.15) is 0 Å². The number of nitrogens with one attached hydrogen (secondary N) is 2. The SMILES string of the molecule is C[C@H](NC(=O)NCC[S@](C)=O)[C@H](C)c1ccccc1. The predicted octanol–water partition coefficient (Wildman–Crippen LogP) is 1.86. The molecular weight excluding hydrogens is 260 g/mol. The molecule has 0 unspecified atom stereocenters. The molecule has 2 amide bonds. The fourth-order valence-corrected chi connectivity index (χ4v) is 2.13. The maximum atomic E-state index is 11.6. The highest BCUT2D eigenvalue weighted by Crippen LogP contribution is 2.18. The molecule has 0 aliphatic carbocycles. The molecule has 0 radical (unpaired) electrons. The molecule has 2 N–H and O–H groups in total. The third-order valence-corrected chi connectivity index (χ3v) is 3.89. The standard InChI is InChI=1S/C14H22N2O2S/c1-11(13-7-5-4-6-8-13)12(2)16-14(17)15-9-10-19(3)18/h4-8,11-12H,9-10H2,1-3H3,(H2,15,16,17)/t11-,12-,19-/m0/s1. The topological polar surface area (TPSA) is 58.2 Å². The number of benzene rings is 1. The summed E-state index contributed by atoms with van der Waals surface area (Å²) < 4.78 is 10.9. The second kappa shape index (κ2) is 7.94. The van der Waals surface area contributed by atoms with Gasteiger partial charge in [0.05, 0.1) is 0 Å². The zero-order chi connectivity index (χ0) is 14.3. The Morgan fingerprint density at radius 3 is 2.47 bits per heavy atom. The Kier molecular flexibility index (Phi) is 6.56. The summed E-state index contributed by atoms with van der Waals surface area (Å²) in [6.45, 7) is 4.50. The van der Waals surface area contributed by atoms with Crippen LogP contribution in [0.15, 0.2) is 30.3 Å². The average Bonchev–Trinajstić information content (AvgIpc) is 2.38. The predicted molar refractivity (Wildman–Crippen MR) is 79.8 cm³/mol. The summed E-state index contributed by atoms with van der Waals surface area (Å²) in [6.07, 6.45) is 1.62. The minimum absolute atomic E-state index is 0.0366.